The molecule has 1 rings (SSSR count). The lowest BCUT2D eigenvalue weighted by Crippen LogP contribution is -1.91. The number of phenolic OH excluding ortho intramolecular Hbond substituents is 1. The third kappa shape index (κ3) is 3.95. The molecule has 0 saturated heterocycles. The first-order chi connectivity index (χ1) is 7.69. The Hall–Kier alpha value is -0.280. The minimum atomic E-state index is 0.507. The van der Waals surface area contributed by atoms with E-state index in [1.54, 1.807) is 0 Å². The Morgan fingerprint density at radius 3 is 1.81 bits per heavy atom. The molecular formula is C13H20OS2. The molecular weight excluding hydrogens is 236 g/mol. The molecule has 0 aliphatic rings. The first-order valence-electron chi connectivity index (χ1n) is 5.65. The smallest absolute Gasteiger partial charge is 0.123 e. The van der Waals surface area contributed by atoms with E-state index < -0.39 is 0 Å². The summed E-state index contributed by atoms with van der Waals surface area (Å²) < 4.78 is 0. The fourth-order valence-electron chi connectivity index (χ4n) is 1.58. The second-order valence-corrected chi connectivity index (χ2v) is 6.25. The molecule has 0 spiro atoms. The Morgan fingerprint density at radius 1 is 1.00 bits per heavy atom. The molecule has 0 aliphatic carbocycles. The van der Waals surface area contributed by atoms with Crippen molar-refractivity contribution < 1.29 is 5.11 Å². The first kappa shape index (κ1) is 13.8. The SMILES string of the molecule is CCSCc1cc(C)cc(CSCC)c1O. The lowest BCUT2D eigenvalue weighted by molar-refractivity contribution is 0.465. The summed E-state index contributed by atoms with van der Waals surface area (Å²) in [4.78, 5) is 0. The molecule has 0 aromatic heterocycles. The number of rotatable bonds is 6. The second-order valence-electron chi connectivity index (χ2n) is 3.71. The maximum atomic E-state index is 10.1. The van der Waals surface area contributed by atoms with Crippen LogP contribution < -0.4 is 0 Å². The van der Waals surface area contributed by atoms with Crippen LogP contribution in [0.15, 0.2) is 12.1 Å². The van der Waals surface area contributed by atoms with Gasteiger partial charge in [0.1, 0.15) is 5.75 Å². The number of aromatic hydroxyl groups is 1. The number of thioether (sulfide) groups is 2. The summed E-state index contributed by atoms with van der Waals surface area (Å²) in [5, 5.41) is 10.1. The molecule has 16 heavy (non-hydrogen) atoms. The Kier molecular flexibility index (Phi) is 6.14. The average Bonchev–Trinajstić information content (AvgIpc) is 2.28. The summed E-state index contributed by atoms with van der Waals surface area (Å²) in [6, 6.07) is 4.19. The van der Waals surface area contributed by atoms with E-state index >= 15 is 0 Å². The monoisotopic (exact) mass is 256 g/mol. The largest absolute Gasteiger partial charge is 0.507 e. The molecule has 0 bridgehead atoms. The summed E-state index contributed by atoms with van der Waals surface area (Å²) in [6.07, 6.45) is 0. The number of benzene rings is 1. The topological polar surface area (TPSA) is 20.2 Å². The van der Waals surface area contributed by atoms with Crippen LogP contribution in [-0.4, -0.2) is 16.6 Å². The predicted molar refractivity (Wildman–Crippen MR) is 76.5 cm³/mol. The van der Waals surface area contributed by atoms with E-state index in [2.05, 4.69) is 32.9 Å². The molecule has 0 unspecified atom stereocenters. The molecule has 0 fully saturated rings. The van der Waals surface area contributed by atoms with Crippen molar-refractivity contribution in [2.75, 3.05) is 11.5 Å². The summed E-state index contributed by atoms with van der Waals surface area (Å²) in [7, 11) is 0. The van der Waals surface area contributed by atoms with Crippen LogP contribution in [0.1, 0.15) is 30.5 Å². The first-order valence-corrected chi connectivity index (χ1v) is 7.96. The molecule has 1 nitrogen and oxygen atoms in total. The maximum Gasteiger partial charge on any atom is 0.123 e. The van der Waals surface area contributed by atoms with Crippen molar-refractivity contribution in [3.8, 4) is 5.75 Å². The lowest BCUT2D eigenvalue weighted by atomic mass is 10.1. The van der Waals surface area contributed by atoms with Crippen molar-refractivity contribution in [2.24, 2.45) is 0 Å². The Morgan fingerprint density at radius 2 is 1.44 bits per heavy atom. The molecule has 1 N–H and O–H groups in total. The van der Waals surface area contributed by atoms with Gasteiger partial charge in [-0.2, -0.15) is 23.5 Å². The van der Waals surface area contributed by atoms with Gasteiger partial charge in [0, 0.05) is 22.6 Å². The van der Waals surface area contributed by atoms with Gasteiger partial charge in [-0.25, -0.2) is 0 Å². The molecule has 90 valence electrons. The van der Waals surface area contributed by atoms with Gasteiger partial charge in [0.15, 0.2) is 0 Å². The molecule has 3 heteroatoms. The molecule has 1 aromatic carbocycles. The Bertz CT molecular complexity index is 308. The molecule has 1 aromatic rings. The molecule has 0 heterocycles. The summed E-state index contributed by atoms with van der Waals surface area (Å²) in [6.45, 7) is 6.39. The van der Waals surface area contributed by atoms with Gasteiger partial charge < -0.3 is 5.11 Å². The van der Waals surface area contributed by atoms with Gasteiger partial charge >= 0.3 is 0 Å². The third-order valence-electron chi connectivity index (χ3n) is 2.34. The zero-order valence-corrected chi connectivity index (χ0v) is 11.9. The van der Waals surface area contributed by atoms with Crippen LogP contribution in [0, 0.1) is 6.92 Å². The van der Waals surface area contributed by atoms with Gasteiger partial charge in [-0.05, 0) is 18.4 Å². The fourth-order valence-corrected chi connectivity index (χ4v) is 2.87. The highest BCUT2D eigenvalue weighted by molar-refractivity contribution is 7.98. The maximum absolute atomic E-state index is 10.1. The number of hydrogen-bond donors (Lipinski definition) is 1. The van der Waals surface area contributed by atoms with Gasteiger partial charge in [0.25, 0.3) is 0 Å². The summed E-state index contributed by atoms with van der Waals surface area (Å²) >= 11 is 3.70. The van der Waals surface area contributed by atoms with E-state index in [1.165, 1.54) is 5.56 Å². The van der Waals surface area contributed by atoms with Crippen molar-refractivity contribution in [2.45, 2.75) is 32.3 Å². The minimum Gasteiger partial charge on any atom is -0.507 e. The molecule has 0 aliphatic heterocycles. The summed E-state index contributed by atoms with van der Waals surface area (Å²) in [5.41, 5.74) is 3.41. The van der Waals surface area contributed by atoms with E-state index in [0.29, 0.717) is 5.75 Å². The van der Waals surface area contributed by atoms with E-state index in [-0.39, 0.29) is 0 Å². The van der Waals surface area contributed by atoms with Gasteiger partial charge in [0.2, 0.25) is 0 Å². The Balaban J connectivity index is 2.86. The summed E-state index contributed by atoms with van der Waals surface area (Å²) in [5.74, 6) is 4.51. The van der Waals surface area contributed by atoms with Crippen LogP contribution in [0.3, 0.4) is 0 Å². The highest BCUT2D eigenvalue weighted by Gasteiger charge is 2.08. The molecule has 0 radical (unpaired) electrons. The lowest BCUT2D eigenvalue weighted by Gasteiger charge is -2.11. The van der Waals surface area contributed by atoms with Crippen LogP contribution in [0.5, 0.6) is 5.75 Å². The zero-order valence-electron chi connectivity index (χ0n) is 10.2. The number of phenols is 1. The van der Waals surface area contributed by atoms with Gasteiger partial charge in [-0.3, -0.25) is 0 Å². The van der Waals surface area contributed by atoms with E-state index in [4.69, 9.17) is 0 Å². The van der Waals surface area contributed by atoms with Crippen LogP contribution >= 0.6 is 23.5 Å². The van der Waals surface area contributed by atoms with Crippen molar-refractivity contribution in [3.63, 3.8) is 0 Å². The minimum absolute atomic E-state index is 0.507. The van der Waals surface area contributed by atoms with Crippen LogP contribution in [0.4, 0.5) is 0 Å². The van der Waals surface area contributed by atoms with Crippen molar-refractivity contribution >= 4 is 23.5 Å². The standard InChI is InChI=1S/C13H20OS2/c1-4-15-8-11-6-10(3)7-12(13(11)14)9-16-5-2/h6-7,14H,4-5,8-9H2,1-3H3. The highest BCUT2D eigenvalue weighted by Crippen LogP contribution is 2.30. The normalized spacial score (nSPS) is 10.7. The third-order valence-corrected chi connectivity index (χ3v) is 4.18. The van der Waals surface area contributed by atoms with Crippen LogP contribution in [0.25, 0.3) is 0 Å². The number of hydrogen-bond acceptors (Lipinski definition) is 3. The van der Waals surface area contributed by atoms with Crippen LogP contribution in [0.2, 0.25) is 0 Å². The average molecular weight is 256 g/mol. The van der Waals surface area contributed by atoms with Gasteiger partial charge in [-0.15, -0.1) is 0 Å². The van der Waals surface area contributed by atoms with Crippen molar-refractivity contribution in [1.82, 2.24) is 0 Å². The predicted octanol–water partition coefficient (Wildman–Crippen LogP) is 4.21. The Labute approximate surface area is 107 Å². The highest BCUT2D eigenvalue weighted by atomic mass is 32.2. The van der Waals surface area contributed by atoms with Crippen molar-refractivity contribution in [3.05, 3.63) is 28.8 Å². The van der Waals surface area contributed by atoms with Gasteiger partial charge in [0.05, 0.1) is 0 Å². The number of aryl methyl sites for hydroxylation is 1. The van der Waals surface area contributed by atoms with E-state index in [9.17, 15) is 5.11 Å². The molecule has 0 amide bonds. The zero-order chi connectivity index (χ0) is 12.0. The van der Waals surface area contributed by atoms with Crippen molar-refractivity contribution in [1.29, 1.82) is 0 Å². The molecule has 0 atom stereocenters. The molecule has 0 saturated carbocycles. The quantitative estimate of drug-likeness (QED) is 0.823. The van der Waals surface area contributed by atoms with Crippen LogP contribution in [-0.2, 0) is 11.5 Å². The fraction of sp³-hybridized carbons (Fsp3) is 0.538. The second kappa shape index (κ2) is 7.13. The van der Waals surface area contributed by atoms with Gasteiger partial charge in [-0.1, -0.05) is 31.5 Å². The van der Waals surface area contributed by atoms with E-state index in [1.807, 2.05) is 23.5 Å². The van der Waals surface area contributed by atoms with E-state index in [0.717, 1.165) is 34.1 Å².